The molecule has 1 fully saturated rings. The quantitative estimate of drug-likeness (QED) is 0.499. The maximum Gasteiger partial charge on any atom is 0.142 e. The number of aryl methyl sites for hydroxylation is 1. The smallest absolute Gasteiger partial charge is 0.142 e. The third kappa shape index (κ3) is 3.58. The summed E-state index contributed by atoms with van der Waals surface area (Å²) in [5.74, 6) is 1.90. The molecule has 0 amide bonds. The van der Waals surface area contributed by atoms with E-state index >= 15 is 0 Å². The second-order valence-electron chi connectivity index (χ2n) is 7.95. The summed E-state index contributed by atoms with van der Waals surface area (Å²) < 4.78 is 6.39. The van der Waals surface area contributed by atoms with Crippen LogP contribution in [0, 0.1) is 0 Å². The van der Waals surface area contributed by atoms with Crippen molar-refractivity contribution in [2.24, 2.45) is 5.16 Å². The molecule has 3 heterocycles. The van der Waals surface area contributed by atoms with Crippen LogP contribution in [-0.4, -0.2) is 33.9 Å². The van der Waals surface area contributed by atoms with Gasteiger partial charge in [-0.2, -0.15) is 0 Å². The highest BCUT2D eigenvalue weighted by atomic mass is 16.4. The van der Waals surface area contributed by atoms with Crippen molar-refractivity contribution in [3.8, 4) is 22.5 Å². The Morgan fingerprint density at radius 2 is 1.76 bits per heavy atom. The number of fused-ring (bicyclic) bond motifs is 1. The van der Waals surface area contributed by atoms with Crippen LogP contribution in [0.3, 0.4) is 0 Å². The van der Waals surface area contributed by atoms with Gasteiger partial charge in [0.1, 0.15) is 11.5 Å². The molecule has 2 aromatic heterocycles. The second-order valence-corrected chi connectivity index (χ2v) is 7.95. The van der Waals surface area contributed by atoms with Crippen LogP contribution in [0.1, 0.15) is 42.6 Å². The Hall–Kier alpha value is -2.92. The first kappa shape index (κ1) is 18.1. The molecule has 3 aromatic rings. The van der Waals surface area contributed by atoms with Gasteiger partial charge in [0.05, 0.1) is 12.3 Å². The molecular formula is C24H25N3O2. The lowest BCUT2D eigenvalue weighted by molar-refractivity contribution is 0.206. The van der Waals surface area contributed by atoms with E-state index in [0.717, 1.165) is 72.0 Å². The van der Waals surface area contributed by atoms with Gasteiger partial charge in [-0.3, -0.25) is 9.88 Å². The molecule has 5 rings (SSSR count). The summed E-state index contributed by atoms with van der Waals surface area (Å²) >= 11 is 0. The van der Waals surface area contributed by atoms with Gasteiger partial charge < -0.3 is 9.62 Å². The number of hydrogen-bond donors (Lipinski definition) is 1. The second kappa shape index (κ2) is 7.84. The van der Waals surface area contributed by atoms with Gasteiger partial charge in [-0.05, 0) is 68.1 Å². The number of benzene rings is 1. The van der Waals surface area contributed by atoms with E-state index < -0.39 is 0 Å². The van der Waals surface area contributed by atoms with Crippen molar-refractivity contribution in [3.63, 3.8) is 0 Å². The fraction of sp³-hybridized carbons (Fsp3) is 0.333. The van der Waals surface area contributed by atoms with Crippen molar-refractivity contribution < 1.29 is 9.62 Å². The van der Waals surface area contributed by atoms with Crippen LogP contribution in [0.5, 0.6) is 0 Å². The van der Waals surface area contributed by atoms with Crippen LogP contribution < -0.4 is 0 Å². The molecule has 5 nitrogen and oxygen atoms in total. The number of pyridine rings is 1. The molecule has 0 spiro atoms. The van der Waals surface area contributed by atoms with Gasteiger partial charge >= 0.3 is 0 Å². The van der Waals surface area contributed by atoms with Crippen molar-refractivity contribution in [3.05, 3.63) is 65.7 Å². The van der Waals surface area contributed by atoms with E-state index in [0.29, 0.717) is 0 Å². The number of nitrogens with zero attached hydrogens (tertiary/aromatic N) is 3. The standard InChI is InChI=1S/C24H25N3O2/c28-26-23-7-5-18-14-19(4-6-21(18)23)22-15-20(16-27-12-2-1-3-13-27)29-24(22)17-8-10-25-11-9-17/h4,6,8-11,14-15,28H,1-3,5,7,12-13,16H2. The predicted octanol–water partition coefficient (Wildman–Crippen LogP) is 5.12. The van der Waals surface area contributed by atoms with E-state index in [2.05, 4.69) is 39.3 Å². The highest BCUT2D eigenvalue weighted by Gasteiger charge is 2.22. The lowest BCUT2D eigenvalue weighted by Gasteiger charge is -2.25. The third-order valence-corrected chi connectivity index (χ3v) is 6.03. The van der Waals surface area contributed by atoms with Crippen molar-refractivity contribution >= 4 is 5.71 Å². The average molecular weight is 387 g/mol. The lowest BCUT2D eigenvalue weighted by Crippen LogP contribution is -2.28. The Morgan fingerprint density at radius 1 is 0.931 bits per heavy atom. The summed E-state index contributed by atoms with van der Waals surface area (Å²) in [6.07, 6.45) is 9.17. The van der Waals surface area contributed by atoms with E-state index in [1.165, 1.54) is 24.8 Å². The van der Waals surface area contributed by atoms with E-state index in [4.69, 9.17) is 4.42 Å². The monoisotopic (exact) mass is 387 g/mol. The number of furan rings is 1. The molecule has 5 heteroatoms. The van der Waals surface area contributed by atoms with Crippen LogP contribution in [0.2, 0.25) is 0 Å². The summed E-state index contributed by atoms with van der Waals surface area (Å²) in [5, 5.41) is 12.7. The fourth-order valence-corrected chi connectivity index (χ4v) is 4.53. The first-order chi connectivity index (χ1) is 14.3. The molecule has 1 aromatic carbocycles. The van der Waals surface area contributed by atoms with Crippen molar-refractivity contribution in [2.45, 2.75) is 38.6 Å². The first-order valence-corrected chi connectivity index (χ1v) is 10.4. The summed E-state index contributed by atoms with van der Waals surface area (Å²) in [7, 11) is 0. The minimum atomic E-state index is 0.777. The molecule has 1 aliphatic heterocycles. The molecule has 0 atom stereocenters. The molecule has 0 radical (unpaired) electrons. The number of aromatic nitrogens is 1. The number of oxime groups is 1. The number of piperidine rings is 1. The average Bonchev–Trinajstić information content (AvgIpc) is 3.38. The molecule has 0 bridgehead atoms. The summed E-state index contributed by atoms with van der Waals surface area (Å²) in [4.78, 5) is 6.63. The maximum absolute atomic E-state index is 9.21. The van der Waals surface area contributed by atoms with Crippen LogP contribution in [-0.2, 0) is 13.0 Å². The Morgan fingerprint density at radius 3 is 2.55 bits per heavy atom. The molecular weight excluding hydrogens is 362 g/mol. The van der Waals surface area contributed by atoms with E-state index in [-0.39, 0.29) is 0 Å². The maximum atomic E-state index is 9.21. The van der Waals surface area contributed by atoms with Crippen LogP contribution >= 0.6 is 0 Å². The fourth-order valence-electron chi connectivity index (χ4n) is 4.53. The molecule has 0 unspecified atom stereocenters. The Balaban J connectivity index is 1.54. The minimum absolute atomic E-state index is 0.777. The Kier molecular flexibility index (Phi) is 4.90. The van der Waals surface area contributed by atoms with Crippen LogP contribution in [0.4, 0.5) is 0 Å². The molecule has 148 valence electrons. The lowest BCUT2D eigenvalue weighted by atomic mass is 9.98. The van der Waals surface area contributed by atoms with Gasteiger partial charge in [-0.25, -0.2) is 0 Å². The zero-order valence-corrected chi connectivity index (χ0v) is 16.5. The van der Waals surface area contributed by atoms with Gasteiger partial charge in [-0.15, -0.1) is 0 Å². The van der Waals surface area contributed by atoms with Crippen molar-refractivity contribution in [1.82, 2.24) is 9.88 Å². The van der Waals surface area contributed by atoms with E-state index in [1.54, 1.807) is 12.4 Å². The molecule has 1 saturated heterocycles. The molecule has 1 aliphatic carbocycles. The molecule has 2 aliphatic rings. The zero-order chi connectivity index (χ0) is 19.6. The molecule has 0 saturated carbocycles. The summed E-state index contributed by atoms with van der Waals surface area (Å²) in [6.45, 7) is 3.13. The molecule has 29 heavy (non-hydrogen) atoms. The third-order valence-electron chi connectivity index (χ3n) is 6.03. The van der Waals surface area contributed by atoms with E-state index in [1.807, 2.05) is 12.1 Å². The van der Waals surface area contributed by atoms with Crippen molar-refractivity contribution in [2.75, 3.05) is 13.1 Å². The zero-order valence-electron chi connectivity index (χ0n) is 16.5. The number of likely N-dealkylation sites (tertiary alicyclic amines) is 1. The van der Waals surface area contributed by atoms with Gasteiger partial charge in [-0.1, -0.05) is 29.8 Å². The Labute approximate surface area is 170 Å². The Bertz CT molecular complexity index is 1030. The largest absolute Gasteiger partial charge is 0.459 e. The number of rotatable bonds is 4. The summed E-state index contributed by atoms with van der Waals surface area (Å²) in [5.41, 5.74) is 6.36. The molecule has 1 N–H and O–H groups in total. The van der Waals surface area contributed by atoms with Gasteiger partial charge in [0.2, 0.25) is 0 Å². The highest BCUT2D eigenvalue weighted by Crippen LogP contribution is 2.37. The topological polar surface area (TPSA) is 61.9 Å². The SMILES string of the molecule is ON=C1CCc2cc(-c3cc(CN4CCCCC4)oc3-c3ccncc3)ccc21. The first-order valence-electron chi connectivity index (χ1n) is 10.4. The minimum Gasteiger partial charge on any atom is -0.459 e. The van der Waals surface area contributed by atoms with Crippen LogP contribution in [0.15, 0.2) is 58.4 Å². The van der Waals surface area contributed by atoms with E-state index in [9.17, 15) is 5.21 Å². The summed E-state index contributed by atoms with van der Waals surface area (Å²) in [6, 6.07) is 12.6. The van der Waals surface area contributed by atoms with Gasteiger partial charge in [0, 0.05) is 29.1 Å². The normalized spacial score (nSPS) is 18.3. The van der Waals surface area contributed by atoms with Crippen LogP contribution in [0.25, 0.3) is 22.5 Å². The van der Waals surface area contributed by atoms with Crippen molar-refractivity contribution in [1.29, 1.82) is 0 Å². The highest BCUT2D eigenvalue weighted by molar-refractivity contribution is 6.04. The number of hydrogen-bond acceptors (Lipinski definition) is 5. The van der Waals surface area contributed by atoms with Gasteiger partial charge in [0.25, 0.3) is 0 Å². The van der Waals surface area contributed by atoms with Gasteiger partial charge in [0.15, 0.2) is 0 Å². The predicted molar refractivity (Wildman–Crippen MR) is 113 cm³/mol.